The molecule has 0 heterocycles. The third-order valence-electron chi connectivity index (χ3n) is 5.20. The molecule has 0 saturated heterocycles. The number of alkyl halides is 17. The van der Waals surface area contributed by atoms with Gasteiger partial charge in [-0.2, -0.15) is 74.6 Å². The summed E-state index contributed by atoms with van der Waals surface area (Å²) in [6.07, 6.45) is -11.4. The summed E-state index contributed by atoms with van der Waals surface area (Å²) < 4.78 is 225. The van der Waals surface area contributed by atoms with Crippen LogP contribution in [0.2, 0.25) is 0 Å². The van der Waals surface area contributed by atoms with Crippen molar-refractivity contribution in [2.75, 3.05) is 6.54 Å². The topological polar surface area (TPSA) is 12.0 Å². The molecule has 1 aromatic carbocycles. The summed E-state index contributed by atoms with van der Waals surface area (Å²) >= 11 is 0. The Morgan fingerprint density at radius 1 is 0.579 bits per heavy atom. The molecule has 0 bridgehead atoms. The molecular weight excluding hydrogens is 601 g/mol. The lowest BCUT2D eigenvalue weighted by atomic mass is 9.88. The Bertz CT molecular complexity index is 898. The van der Waals surface area contributed by atoms with Gasteiger partial charge >= 0.3 is 47.6 Å². The number of hydrogen-bond acceptors (Lipinski definition) is 1. The second kappa shape index (κ2) is 11.0. The van der Waals surface area contributed by atoms with Crippen LogP contribution in [-0.4, -0.2) is 54.2 Å². The SMILES string of the molecule is C[C@H](NCCCC(F)(F)C(F)(F)C(F)(F)C(F)(F)C(F)(F)C(F)(F)C(F)(F)C(F)(F)F)c1ccccc1.Cl. The van der Waals surface area contributed by atoms with Crippen molar-refractivity contribution in [1.82, 2.24) is 5.32 Å². The second-order valence-electron chi connectivity index (χ2n) is 7.84. The molecule has 1 atom stereocenters. The Kier molecular flexibility index (Phi) is 10.5. The molecule has 19 heteroatoms. The normalized spacial score (nSPS) is 15.7. The molecule has 1 N–H and O–H groups in total. The van der Waals surface area contributed by atoms with Crippen LogP contribution in [0.25, 0.3) is 0 Å². The van der Waals surface area contributed by atoms with E-state index in [0.717, 1.165) is 0 Å². The monoisotopic (exact) mass is 617 g/mol. The molecule has 38 heavy (non-hydrogen) atoms. The first-order chi connectivity index (χ1) is 16.2. The number of benzene rings is 1. The molecule has 0 aliphatic carbocycles. The molecule has 0 aliphatic heterocycles. The van der Waals surface area contributed by atoms with Crippen LogP contribution in [0, 0.1) is 0 Å². The first-order valence-electron chi connectivity index (χ1n) is 9.74. The number of nitrogens with one attached hydrogen (secondary N) is 1. The lowest BCUT2D eigenvalue weighted by Crippen LogP contribution is -2.74. The molecule has 0 radical (unpaired) electrons. The second-order valence-corrected chi connectivity index (χ2v) is 7.84. The maximum atomic E-state index is 13.8. The van der Waals surface area contributed by atoms with Crippen molar-refractivity contribution >= 4 is 12.4 Å². The van der Waals surface area contributed by atoms with E-state index in [2.05, 4.69) is 5.32 Å². The summed E-state index contributed by atoms with van der Waals surface area (Å²) in [5.41, 5.74) is 0.518. The third-order valence-corrected chi connectivity index (χ3v) is 5.20. The quantitative estimate of drug-likeness (QED) is 0.183. The van der Waals surface area contributed by atoms with Crippen molar-refractivity contribution in [3.8, 4) is 0 Å². The number of hydrogen-bond donors (Lipinski definition) is 1. The Hall–Kier alpha value is -1.72. The van der Waals surface area contributed by atoms with E-state index in [-0.39, 0.29) is 12.4 Å². The van der Waals surface area contributed by atoms with Crippen LogP contribution in [-0.2, 0) is 0 Å². The van der Waals surface area contributed by atoms with Gasteiger partial charge in [-0.15, -0.1) is 12.4 Å². The van der Waals surface area contributed by atoms with Crippen LogP contribution in [0.1, 0.15) is 31.4 Å². The van der Waals surface area contributed by atoms with Crippen molar-refractivity contribution in [1.29, 1.82) is 0 Å². The van der Waals surface area contributed by atoms with E-state index in [1.807, 2.05) is 0 Å². The van der Waals surface area contributed by atoms with E-state index in [0.29, 0.717) is 5.56 Å². The molecule has 0 amide bonds. The van der Waals surface area contributed by atoms with Crippen LogP contribution in [0.5, 0.6) is 0 Å². The highest BCUT2D eigenvalue weighted by Crippen LogP contribution is 2.64. The van der Waals surface area contributed by atoms with Crippen LogP contribution in [0.3, 0.4) is 0 Å². The molecule has 0 aliphatic rings. The van der Waals surface area contributed by atoms with Crippen molar-refractivity contribution in [3.05, 3.63) is 35.9 Å². The van der Waals surface area contributed by atoms with Gasteiger partial charge in [-0.1, -0.05) is 30.3 Å². The van der Waals surface area contributed by atoms with E-state index in [1.165, 1.54) is 31.2 Å². The van der Waals surface area contributed by atoms with Crippen LogP contribution < -0.4 is 5.32 Å². The van der Waals surface area contributed by atoms with Crippen LogP contribution >= 0.6 is 12.4 Å². The molecule has 0 saturated carbocycles. The smallest absolute Gasteiger partial charge is 0.310 e. The van der Waals surface area contributed by atoms with Gasteiger partial charge in [0.05, 0.1) is 0 Å². The van der Waals surface area contributed by atoms with Gasteiger partial charge in [-0.25, -0.2) is 0 Å². The predicted octanol–water partition coefficient (Wildman–Crippen LogP) is 8.55. The lowest BCUT2D eigenvalue weighted by molar-refractivity contribution is -0.461. The Labute approximate surface area is 209 Å². The first kappa shape index (κ1) is 36.3. The number of halogens is 18. The van der Waals surface area contributed by atoms with Gasteiger partial charge in [0.25, 0.3) is 0 Å². The van der Waals surface area contributed by atoms with Crippen molar-refractivity contribution < 1.29 is 74.6 Å². The molecule has 0 spiro atoms. The molecule has 0 aromatic heterocycles. The minimum Gasteiger partial charge on any atom is -0.310 e. The maximum Gasteiger partial charge on any atom is 0.460 e. The van der Waals surface area contributed by atoms with E-state index >= 15 is 0 Å². The third kappa shape index (κ3) is 5.75. The van der Waals surface area contributed by atoms with E-state index < -0.39 is 73.1 Å². The standard InChI is InChI=1S/C19H16F17N.ClH/c1-10(11-6-3-2-4-7-11)37-9-5-8-12(20,21)13(22,23)14(24,25)15(26,27)16(28,29)17(30,31)18(32,33)19(34,35)36;/h2-4,6-7,10,37H,5,8-9H2,1H3;1H/t10-;/m0./s1. The zero-order valence-electron chi connectivity index (χ0n) is 18.4. The molecular formula is C19H17ClF17N. The Morgan fingerprint density at radius 2 is 0.947 bits per heavy atom. The van der Waals surface area contributed by atoms with Gasteiger partial charge in [0.2, 0.25) is 0 Å². The van der Waals surface area contributed by atoms with Gasteiger partial charge in [0.15, 0.2) is 0 Å². The summed E-state index contributed by atoms with van der Waals surface area (Å²) in [6, 6.07) is 7.03. The molecule has 0 unspecified atom stereocenters. The largest absolute Gasteiger partial charge is 0.460 e. The molecule has 1 nitrogen and oxygen atoms in total. The van der Waals surface area contributed by atoms with Crippen LogP contribution in [0.15, 0.2) is 30.3 Å². The highest BCUT2D eigenvalue weighted by molar-refractivity contribution is 5.85. The maximum absolute atomic E-state index is 13.8. The van der Waals surface area contributed by atoms with Gasteiger partial charge in [-0.3, -0.25) is 0 Å². The average molecular weight is 618 g/mol. The van der Waals surface area contributed by atoms with E-state index in [1.54, 1.807) is 6.07 Å². The summed E-state index contributed by atoms with van der Waals surface area (Å²) in [5, 5.41) is 2.44. The summed E-state index contributed by atoms with van der Waals surface area (Å²) in [6.45, 7) is 0.742. The predicted molar refractivity (Wildman–Crippen MR) is 100 cm³/mol. The Balaban J connectivity index is 0.0000137. The fraction of sp³-hybridized carbons (Fsp3) is 0.684. The molecule has 1 aromatic rings. The van der Waals surface area contributed by atoms with E-state index in [4.69, 9.17) is 0 Å². The zero-order chi connectivity index (χ0) is 29.5. The van der Waals surface area contributed by atoms with Gasteiger partial charge in [-0.05, 0) is 25.5 Å². The van der Waals surface area contributed by atoms with Crippen molar-refractivity contribution in [3.63, 3.8) is 0 Å². The summed E-state index contributed by atoms with van der Waals surface area (Å²) in [4.78, 5) is 0. The fourth-order valence-corrected chi connectivity index (χ4v) is 2.84. The molecule has 0 fully saturated rings. The number of rotatable bonds is 12. The lowest BCUT2D eigenvalue weighted by Gasteiger charge is -2.42. The fourth-order valence-electron chi connectivity index (χ4n) is 2.84. The van der Waals surface area contributed by atoms with Gasteiger partial charge < -0.3 is 5.32 Å². The minimum absolute atomic E-state index is 0. The van der Waals surface area contributed by atoms with Crippen molar-refractivity contribution in [2.24, 2.45) is 0 Å². The minimum atomic E-state index is -8.60. The summed E-state index contributed by atoms with van der Waals surface area (Å²) in [5.74, 6) is -56.0. The van der Waals surface area contributed by atoms with Crippen molar-refractivity contribution in [2.45, 2.75) is 73.4 Å². The zero-order valence-corrected chi connectivity index (χ0v) is 19.2. The van der Waals surface area contributed by atoms with Gasteiger partial charge in [0, 0.05) is 12.5 Å². The molecule has 1 rings (SSSR count). The first-order valence-corrected chi connectivity index (χ1v) is 9.74. The van der Waals surface area contributed by atoms with Crippen LogP contribution in [0.4, 0.5) is 74.6 Å². The van der Waals surface area contributed by atoms with E-state index in [9.17, 15) is 74.6 Å². The molecule has 224 valence electrons. The van der Waals surface area contributed by atoms with Gasteiger partial charge in [0.1, 0.15) is 0 Å². The highest BCUT2D eigenvalue weighted by atomic mass is 35.5. The highest BCUT2D eigenvalue weighted by Gasteiger charge is 2.95. The Morgan fingerprint density at radius 3 is 1.34 bits per heavy atom. The summed E-state index contributed by atoms with van der Waals surface area (Å²) in [7, 11) is 0. The average Bonchev–Trinajstić information content (AvgIpc) is 2.75.